The molecule has 0 N–H and O–H groups in total. The third kappa shape index (κ3) is 5.72. The highest BCUT2D eigenvalue weighted by Gasteiger charge is 2.12. The summed E-state index contributed by atoms with van der Waals surface area (Å²) in [5, 5.41) is 2.21. The molecule has 0 atom stereocenters. The van der Waals surface area contributed by atoms with E-state index in [4.69, 9.17) is 4.98 Å². The first kappa shape index (κ1) is 26.8. The molecule has 5 heterocycles. The predicted octanol–water partition coefficient (Wildman–Crippen LogP) is 8.40. The van der Waals surface area contributed by atoms with Crippen LogP contribution in [-0.4, -0.2) is 24.5 Å². The zero-order valence-corrected chi connectivity index (χ0v) is 23.6. The molecular formula is C37H31N5. The normalized spacial score (nSPS) is 10.8. The Hall–Kier alpha value is -5.42. The molecular weight excluding hydrogens is 514 g/mol. The molecule has 5 heteroatoms. The Labute approximate surface area is 245 Å². The van der Waals surface area contributed by atoms with Gasteiger partial charge in [0.25, 0.3) is 0 Å². The van der Waals surface area contributed by atoms with Crippen molar-refractivity contribution in [3.63, 3.8) is 0 Å². The number of nitrogens with zero attached hydrogens (tertiary/aromatic N) is 5. The first-order chi connectivity index (χ1) is 20.7. The average Bonchev–Trinajstić information content (AvgIpc) is 3.38. The van der Waals surface area contributed by atoms with E-state index in [0.717, 1.165) is 62.8 Å². The minimum absolute atomic E-state index is 0.774. The van der Waals surface area contributed by atoms with Crippen LogP contribution in [0.3, 0.4) is 0 Å². The van der Waals surface area contributed by atoms with Crippen LogP contribution in [0.25, 0.3) is 38.6 Å². The van der Waals surface area contributed by atoms with E-state index in [2.05, 4.69) is 111 Å². The number of benzene rings is 2. The van der Waals surface area contributed by atoms with E-state index >= 15 is 0 Å². The molecule has 0 bridgehead atoms. The minimum atomic E-state index is 0.774. The lowest BCUT2D eigenvalue weighted by Gasteiger charge is -2.09. The molecule has 7 rings (SSSR count). The fraction of sp³-hybridized carbons (Fsp3) is 0.0811. The van der Waals surface area contributed by atoms with Gasteiger partial charge < -0.3 is 4.57 Å². The maximum absolute atomic E-state index is 4.75. The van der Waals surface area contributed by atoms with Gasteiger partial charge in [-0.15, -0.1) is 6.58 Å². The van der Waals surface area contributed by atoms with E-state index in [1.165, 1.54) is 11.1 Å². The number of aromatic nitrogens is 5. The second kappa shape index (κ2) is 12.4. The van der Waals surface area contributed by atoms with Gasteiger partial charge in [-0.25, -0.2) is 0 Å². The maximum Gasteiger partial charge on any atom is 0.0572 e. The minimum Gasteiger partial charge on any atom is -0.309 e. The van der Waals surface area contributed by atoms with Gasteiger partial charge in [-0.3, -0.25) is 19.9 Å². The summed E-state index contributed by atoms with van der Waals surface area (Å²) in [6, 6.07) is 31.7. The van der Waals surface area contributed by atoms with Crippen LogP contribution < -0.4 is 0 Å². The molecule has 7 aromatic rings. The molecule has 0 aliphatic carbocycles. The number of pyridine rings is 4. The third-order valence-electron chi connectivity index (χ3n) is 7.16. The maximum atomic E-state index is 4.75. The van der Waals surface area contributed by atoms with Gasteiger partial charge in [-0.2, -0.15) is 0 Å². The van der Waals surface area contributed by atoms with Crippen LogP contribution >= 0.6 is 0 Å². The van der Waals surface area contributed by atoms with Gasteiger partial charge in [0.1, 0.15) is 0 Å². The van der Waals surface area contributed by atoms with Crippen molar-refractivity contribution in [3.8, 4) is 16.8 Å². The summed E-state index contributed by atoms with van der Waals surface area (Å²) < 4.78 is 2.27. The Bertz CT molecular complexity index is 1870. The molecule has 0 aliphatic heterocycles. The summed E-state index contributed by atoms with van der Waals surface area (Å²) in [4.78, 5) is 18.1. The highest BCUT2D eigenvalue weighted by Crippen LogP contribution is 2.31. The molecule has 2 aromatic carbocycles. The predicted molar refractivity (Wildman–Crippen MR) is 172 cm³/mol. The smallest absolute Gasteiger partial charge is 0.0572 e. The number of allylic oxidation sites excluding steroid dienone is 1. The molecule has 0 fully saturated rings. The molecule has 0 spiro atoms. The molecule has 0 amide bonds. The van der Waals surface area contributed by atoms with Crippen molar-refractivity contribution < 1.29 is 0 Å². The van der Waals surface area contributed by atoms with Gasteiger partial charge in [0.15, 0.2) is 0 Å². The third-order valence-corrected chi connectivity index (χ3v) is 7.16. The fourth-order valence-electron chi connectivity index (χ4n) is 5.16. The molecule has 0 unspecified atom stereocenters. The van der Waals surface area contributed by atoms with Gasteiger partial charge in [-0.05, 0) is 54.4 Å². The summed E-state index contributed by atoms with van der Waals surface area (Å²) in [5.41, 5.74) is 10.1. The van der Waals surface area contributed by atoms with Crippen LogP contribution in [0.2, 0.25) is 0 Å². The molecule has 0 aliphatic rings. The van der Waals surface area contributed by atoms with Crippen molar-refractivity contribution in [1.29, 1.82) is 0 Å². The second-order valence-corrected chi connectivity index (χ2v) is 10.1. The lowest BCUT2D eigenvalue weighted by atomic mass is 10.1. The van der Waals surface area contributed by atoms with Crippen molar-refractivity contribution in [2.45, 2.75) is 19.8 Å². The number of hydrogen-bond acceptors (Lipinski definition) is 4. The molecule has 0 saturated heterocycles. The highest BCUT2D eigenvalue weighted by atomic mass is 15.0. The first-order valence-corrected chi connectivity index (χ1v) is 14.0. The first-order valence-electron chi connectivity index (χ1n) is 14.0. The lowest BCUT2D eigenvalue weighted by Crippen LogP contribution is -1.96. The topological polar surface area (TPSA) is 56.5 Å². The highest BCUT2D eigenvalue weighted by molar-refractivity contribution is 6.08. The van der Waals surface area contributed by atoms with Gasteiger partial charge in [0.2, 0.25) is 0 Å². The second-order valence-electron chi connectivity index (χ2n) is 10.1. The van der Waals surface area contributed by atoms with Crippen molar-refractivity contribution in [2.24, 2.45) is 0 Å². The Morgan fingerprint density at radius 1 is 0.595 bits per heavy atom. The monoisotopic (exact) mass is 545 g/mol. The van der Waals surface area contributed by atoms with Crippen LogP contribution in [0.15, 0.2) is 141 Å². The Morgan fingerprint density at radius 2 is 1.10 bits per heavy atom. The Kier molecular flexibility index (Phi) is 7.91. The van der Waals surface area contributed by atoms with Crippen molar-refractivity contribution in [3.05, 3.63) is 163 Å². The van der Waals surface area contributed by atoms with E-state index in [0.29, 0.717) is 0 Å². The number of hydrogen-bond donors (Lipinski definition) is 0. The average molecular weight is 546 g/mol. The molecule has 0 radical (unpaired) electrons. The van der Waals surface area contributed by atoms with Crippen LogP contribution in [0.4, 0.5) is 0 Å². The van der Waals surface area contributed by atoms with Crippen molar-refractivity contribution >= 4 is 21.8 Å². The Balaban J connectivity index is 0.00000101. The Morgan fingerprint density at radius 3 is 1.57 bits per heavy atom. The van der Waals surface area contributed by atoms with Crippen LogP contribution in [-0.2, 0) is 12.8 Å². The fourth-order valence-corrected chi connectivity index (χ4v) is 5.16. The van der Waals surface area contributed by atoms with E-state index < -0.39 is 0 Å². The zero-order chi connectivity index (χ0) is 28.7. The standard InChI is InChI=1S/C34H25N5.C3H6/c1-2-4-24(5-3-1)18-28-10-8-26(20-37-28)27-9-11-29(38-21-27)19-25-6-12-30(13-7-25)39-33-14-16-35-22-31(33)32-23-36-17-15-34(32)39;1-3-2/h1-17,20-23H,18-19H2;3H,1H2,2H3. The number of fused-ring (bicyclic) bond motifs is 3. The summed E-state index contributed by atoms with van der Waals surface area (Å²) in [6.07, 6.45) is 14.7. The van der Waals surface area contributed by atoms with Gasteiger partial charge in [-0.1, -0.05) is 60.7 Å². The largest absolute Gasteiger partial charge is 0.309 e. The molecule has 5 nitrogen and oxygen atoms in total. The van der Waals surface area contributed by atoms with E-state index in [-0.39, 0.29) is 0 Å². The zero-order valence-electron chi connectivity index (χ0n) is 23.6. The summed E-state index contributed by atoms with van der Waals surface area (Å²) in [6.45, 7) is 5.25. The summed E-state index contributed by atoms with van der Waals surface area (Å²) in [7, 11) is 0. The van der Waals surface area contributed by atoms with Gasteiger partial charge in [0, 0.05) is 89.0 Å². The van der Waals surface area contributed by atoms with Crippen LogP contribution in [0.5, 0.6) is 0 Å². The lowest BCUT2D eigenvalue weighted by molar-refractivity contribution is 1.06. The van der Waals surface area contributed by atoms with Crippen molar-refractivity contribution in [1.82, 2.24) is 24.5 Å². The summed E-state index contributed by atoms with van der Waals surface area (Å²) >= 11 is 0. The van der Waals surface area contributed by atoms with Crippen molar-refractivity contribution in [2.75, 3.05) is 0 Å². The van der Waals surface area contributed by atoms with Gasteiger partial charge >= 0.3 is 0 Å². The van der Waals surface area contributed by atoms with Crippen LogP contribution in [0.1, 0.15) is 29.4 Å². The molecule has 204 valence electrons. The molecule has 5 aromatic heterocycles. The molecule has 42 heavy (non-hydrogen) atoms. The summed E-state index contributed by atoms with van der Waals surface area (Å²) in [5.74, 6) is 0. The van der Waals surface area contributed by atoms with E-state index in [1.54, 1.807) is 6.08 Å². The number of rotatable bonds is 6. The SMILES string of the molecule is C=CC.c1ccc(Cc2ccc(-c3ccc(Cc4ccc(-n5c6ccncc6c6cnccc65)cc4)nc3)cn2)cc1. The van der Waals surface area contributed by atoms with Gasteiger partial charge in [0.05, 0.1) is 11.0 Å². The van der Waals surface area contributed by atoms with E-state index in [1.807, 2.05) is 50.2 Å². The quantitative estimate of drug-likeness (QED) is 0.197. The molecule has 0 saturated carbocycles. The van der Waals surface area contributed by atoms with Crippen LogP contribution in [0, 0.1) is 0 Å². The van der Waals surface area contributed by atoms with E-state index in [9.17, 15) is 0 Å².